The van der Waals surface area contributed by atoms with E-state index in [0.717, 1.165) is 29.0 Å². The lowest BCUT2D eigenvalue weighted by molar-refractivity contribution is -0.117. The van der Waals surface area contributed by atoms with Gasteiger partial charge in [-0.15, -0.1) is 0 Å². The minimum atomic E-state index is -0.0934. The minimum Gasteiger partial charge on any atom is -0.340 e. The number of para-hydroxylation sites is 2. The molecule has 0 saturated heterocycles. The van der Waals surface area contributed by atoms with Gasteiger partial charge in [0, 0.05) is 24.2 Å². The van der Waals surface area contributed by atoms with Crippen molar-refractivity contribution in [3.8, 4) is 0 Å². The van der Waals surface area contributed by atoms with Crippen molar-refractivity contribution in [2.45, 2.75) is 19.9 Å². The molecule has 0 aliphatic heterocycles. The van der Waals surface area contributed by atoms with Crippen LogP contribution in [0.2, 0.25) is 0 Å². The van der Waals surface area contributed by atoms with Gasteiger partial charge in [0.1, 0.15) is 5.82 Å². The summed E-state index contributed by atoms with van der Waals surface area (Å²) >= 11 is 0. The number of H-pyrrole nitrogens is 1. The van der Waals surface area contributed by atoms with Gasteiger partial charge in [0.15, 0.2) is 0 Å². The second kappa shape index (κ2) is 6.87. The summed E-state index contributed by atoms with van der Waals surface area (Å²) in [5, 5.41) is 2.91. The fourth-order valence-corrected chi connectivity index (χ4v) is 3.22. The second-order valence-corrected chi connectivity index (χ2v) is 7.25. The molecular formula is C21H22N4O2. The summed E-state index contributed by atoms with van der Waals surface area (Å²) in [6.45, 7) is 2.47. The topological polar surface area (TPSA) is 78.1 Å². The van der Waals surface area contributed by atoms with Crippen LogP contribution in [0, 0.1) is 11.8 Å². The Hall–Kier alpha value is -3.15. The molecule has 0 radical (unpaired) electrons. The standard InChI is InChI=1S/C21H22N4O2/c1-13-11-16(13)20(26)22-15-9-7-14(8-10-15)21(27)25(2)12-19-23-17-5-3-4-6-18(17)24-19/h3-10,13,16H,11-12H2,1-2H3,(H,22,26)(H,23,24). The van der Waals surface area contributed by atoms with E-state index in [9.17, 15) is 9.59 Å². The molecule has 4 rings (SSSR count). The van der Waals surface area contributed by atoms with E-state index in [1.807, 2.05) is 24.3 Å². The molecule has 1 fully saturated rings. The van der Waals surface area contributed by atoms with Crippen LogP contribution >= 0.6 is 0 Å². The van der Waals surface area contributed by atoms with Gasteiger partial charge in [-0.1, -0.05) is 19.1 Å². The largest absolute Gasteiger partial charge is 0.340 e. The van der Waals surface area contributed by atoms with Crippen LogP contribution in [0.4, 0.5) is 5.69 Å². The Labute approximate surface area is 157 Å². The predicted octanol–water partition coefficient (Wildman–Crippen LogP) is 3.43. The van der Waals surface area contributed by atoms with Gasteiger partial charge in [0.25, 0.3) is 5.91 Å². The molecule has 1 heterocycles. The molecule has 1 aliphatic rings. The lowest BCUT2D eigenvalue weighted by Crippen LogP contribution is -2.26. The van der Waals surface area contributed by atoms with Crippen molar-refractivity contribution in [1.82, 2.24) is 14.9 Å². The summed E-state index contributed by atoms with van der Waals surface area (Å²) in [5.41, 5.74) is 3.14. The van der Waals surface area contributed by atoms with E-state index >= 15 is 0 Å². The minimum absolute atomic E-state index is 0.0589. The number of imidazole rings is 1. The van der Waals surface area contributed by atoms with Gasteiger partial charge in [0.2, 0.25) is 5.91 Å². The highest BCUT2D eigenvalue weighted by Crippen LogP contribution is 2.38. The Morgan fingerprint density at radius 1 is 1.19 bits per heavy atom. The summed E-state index contributed by atoms with van der Waals surface area (Å²) in [6, 6.07) is 14.8. The van der Waals surface area contributed by atoms with E-state index < -0.39 is 0 Å². The predicted molar refractivity (Wildman–Crippen MR) is 104 cm³/mol. The van der Waals surface area contributed by atoms with Gasteiger partial charge < -0.3 is 15.2 Å². The Morgan fingerprint density at radius 3 is 2.56 bits per heavy atom. The van der Waals surface area contributed by atoms with Crippen molar-refractivity contribution in [3.63, 3.8) is 0 Å². The molecule has 3 aromatic rings. The van der Waals surface area contributed by atoms with Crippen molar-refractivity contribution in [2.24, 2.45) is 11.8 Å². The summed E-state index contributed by atoms with van der Waals surface area (Å²) in [7, 11) is 1.75. The van der Waals surface area contributed by atoms with Gasteiger partial charge in [-0.2, -0.15) is 0 Å². The van der Waals surface area contributed by atoms with Crippen LogP contribution in [0.25, 0.3) is 11.0 Å². The van der Waals surface area contributed by atoms with Gasteiger partial charge in [-0.25, -0.2) is 4.98 Å². The molecule has 2 aromatic carbocycles. The number of rotatable bonds is 5. The zero-order valence-corrected chi connectivity index (χ0v) is 15.4. The number of anilines is 1. The Morgan fingerprint density at radius 2 is 1.89 bits per heavy atom. The SMILES string of the molecule is CC1CC1C(=O)Nc1ccc(C(=O)N(C)Cc2nc3ccccc3[nH]2)cc1. The fourth-order valence-electron chi connectivity index (χ4n) is 3.22. The van der Waals surface area contributed by atoms with Crippen LogP contribution in [0.5, 0.6) is 0 Å². The van der Waals surface area contributed by atoms with Crippen LogP contribution in [-0.2, 0) is 11.3 Å². The van der Waals surface area contributed by atoms with Crippen LogP contribution < -0.4 is 5.32 Å². The number of fused-ring (bicyclic) bond motifs is 1. The Balaban J connectivity index is 1.39. The summed E-state index contributed by atoms with van der Waals surface area (Å²) < 4.78 is 0. The number of nitrogens with zero attached hydrogens (tertiary/aromatic N) is 2. The molecule has 1 aliphatic carbocycles. The third kappa shape index (κ3) is 3.69. The van der Waals surface area contributed by atoms with Gasteiger partial charge in [-0.05, 0) is 48.7 Å². The first-order valence-corrected chi connectivity index (χ1v) is 9.11. The third-order valence-corrected chi connectivity index (χ3v) is 5.02. The lowest BCUT2D eigenvalue weighted by Gasteiger charge is -2.16. The molecule has 2 N–H and O–H groups in total. The molecule has 27 heavy (non-hydrogen) atoms. The van der Waals surface area contributed by atoms with Crippen molar-refractivity contribution in [1.29, 1.82) is 0 Å². The molecule has 6 heteroatoms. The number of carbonyl (C=O) groups excluding carboxylic acids is 2. The van der Waals surface area contributed by atoms with E-state index in [0.29, 0.717) is 18.0 Å². The second-order valence-electron chi connectivity index (χ2n) is 7.25. The maximum absolute atomic E-state index is 12.7. The van der Waals surface area contributed by atoms with E-state index in [-0.39, 0.29) is 17.7 Å². The molecule has 6 nitrogen and oxygen atoms in total. The molecule has 1 saturated carbocycles. The molecular weight excluding hydrogens is 340 g/mol. The van der Waals surface area contributed by atoms with Gasteiger partial charge in [0.05, 0.1) is 17.6 Å². The van der Waals surface area contributed by atoms with E-state index in [1.54, 1.807) is 36.2 Å². The normalized spacial score (nSPS) is 18.3. The first-order chi connectivity index (χ1) is 13.0. The number of nitrogens with one attached hydrogen (secondary N) is 2. The molecule has 2 atom stereocenters. The first-order valence-electron chi connectivity index (χ1n) is 9.11. The van der Waals surface area contributed by atoms with E-state index in [1.165, 1.54) is 0 Å². The third-order valence-electron chi connectivity index (χ3n) is 5.02. The monoisotopic (exact) mass is 362 g/mol. The van der Waals surface area contributed by atoms with Crippen LogP contribution in [0.15, 0.2) is 48.5 Å². The maximum atomic E-state index is 12.7. The van der Waals surface area contributed by atoms with Crippen LogP contribution in [0.3, 0.4) is 0 Å². The number of hydrogen-bond donors (Lipinski definition) is 2. The van der Waals surface area contributed by atoms with Gasteiger partial charge >= 0.3 is 0 Å². The van der Waals surface area contributed by atoms with Crippen LogP contribution in [0.1, 0.15) is 29.5 Å². The number of carbonyl (C=O) groups is 2. The number of hydrogen-bond acceptors (Lipinski definition) is 3. The number of aromatic nitrogens is 2. The zero-order valence-electron chi connectivity index (χ0n) is 15.4. The van der Waals surface area contributed by atoms with Crippen LogP contribution in [-0.4, -0.2) is 33.7 Å². The fraction of sp³-hybridized carbons (Fsp3) is 0.286. The summed E-state index contributed by atoms with van der Waals surface area (Å²) in [6.07, 6.45) is 0.953. The molecule has 0 spiro atoms. The van der Waals surface area contributed by atoms with E-state index in [2.05, 4.69) is 22.2 Å². The van der Waals surface area contributed by atoms with E-state index in [4.69, 9.17) is 0 Å². The molecule has 2 amide bonds. The number of aromatic amines is 1. The molecule has 0 bridgehead atoms. The smallest absolute Gasteiger partial charge is 0.254 e. The first kappa shape index (κ1) is 17.3. The zero-order chi connectivity index (χ0) is 19.0. The average Bonchev–Trinajstić information content (AvgIpc) is 3.26. The maximum Gasteiger partial charge on any atom is 0.254 e. The highest BCUT2D eigenvalue weighted by molar-refractivity contribution is 5.96. The lowest BCUT2D eigenvalue weighted by atomic mass is 10.1. The van der Waals surface area contributed by atoms with Gasteiger partial charge in [-0.3, -0.25) is 9.59 Å². The van der Waals surface area contributed by atoms with Crippen molar-refractivity contribution in [2.75, 3.05) is 12.4 Å². The van der Waals surface area contributed by atoms with Crippen molar-refractivity contribution >= 4 is 28.5 Å². The average molecular weight is 362 g/mol. The Bertz CT molecular complexity index is 960. The molecule has 1 aromatic heterocycles. The van der Waals surface area contributed by atoms with Crippen molar-refractivity contribution < 1.29 is 9.59 Å². The highest BCUT2D eigenvalue weighted by atomic mass is 16.2. The van der Waals surface area contributed by atoms with Crippen molar-refractivity contribution in [3.05, 3.63) is 59.9 Å². The summed E-state index contributed by atoms with van der Waals surface area (Å²) in [5.74, 6) is 1.31. The quantitative estimate of drug-likeness (QED) is 0.730. The summed E-state index contributed by atoms with van der Waals surface area (Å²) in [4.78, 5) is 34.0. The number of amides is 2. The number of benzene rings is 2. The highest BCUT2D eigenvalue weighted by Gasteiger charge is 2.39. The molecule has 138 valence electrons. The molecule has 2 unspecified atom stereocenters. The Kier molecular flexibility index (Phi) is 4.39.